The second-order valence-electron chi connectivity index (χ2n) is 4.79. The molecule has 0 saturated heterocycles. The van der Waals surface area contributed by atoms with E-state index >= 15 is 0 Å². The van der Waals surface area contributed by atoms with Crippen LogP contribution in [0.4, 0.5) is 0 Å². The van der Waals surface area contributed by atoms with E-state index in [-0.39, 0.29) is 17.5 Å². The predicted molar refractivity (Wildman–Crippen MR) is 92.8 cm³/mol. The lowest BCUT2D eigenvalue weighted by molar-refractivity contribution is 0.0928. The summed E-state index contributed by atoms with van der Waals surface area (Å²) in [6.45, 7) is 0. The number of nitrogens with zero attached hydrogens (tertiary/aromatic N) is 2. The van der Waals surface area contributed by atoms with Crippen LogP contribution in [0.1, 0.15) is 26.5 Å². The molecule has 3 aromatic rings. The molecule has 6 heteroatoms. The number of imidazole rings is 1. The molecule has 0 N–H and O–H groups in total. The molecule has 4 nitrogen and oxygen atoms in total. The smallest absolute Gasteiger partial charge is 0.264 e. The van der Waals surface area contributed by atoms with Gasteiger partial charge in [0.2, 0.25) is 5.78 Å². The van der Waals surface area contributed by atoms with Crippen molar-refractivity contribution in [2.45, 2.75) is 9.79 Å². The van der Waals surface area contributed by atoms with E-state index in [2.05, 4.69) is 30.2 Å². The highest BCUT2D eigenvalue weighted by molar-refractivity contribution is 7.80. The summed E-state index contributed by atoms with van der Waals surface area (Å²) in [5, 5.41) is 0. The number of aromatic nitrogens is 2. The minimum absolute atomic E-state index is 0.0492. The molecule has 2 aromatic carbocycles. The Balaban J connectivity index is 2.04. The van der Waals surface area contributed by atoms with Crippen molar-refractivity contribution in [1.29, 1.82) is 0 Å². The van der Waals surface area contributed by atoms with Gasteiger partial charge in [-0.1, -0.05) is 24.3 Å². The van der Waals surface area contributed by atoms with Gasteiger partial charge >= 0.3 is 0 Å². The molecule has 0 aliphatic rings. The van der Waals surface area contributed by atoms with Crippen LogP contribution in [0.15, 0.2) is 70.7 Å². The van der Waals surface area contributed by atoms with Gasteiger partial charge in [-0.25, -0.2) is 4.98 Å². The molecule has 0 unspecified atom stereocenters. The Morgan fingerprint density at radius 3 is 2.04 bits per heavy atom. The standard InChI is InChI=1S/C17H12N2O2S2/c20-15(11-5-1-3-7-13(11)22)16-18-9-10-19(16)17(21)12-6-2-4-8-14(12)23/h1-10,22-23H. The van der Waals surface area contributed by atoms with Gasteiger partial charge in [0.1, 0.15) is 0 Å². The van der Waals surface area contributed by atoms with Gasteiger partial charge in [-0.2, -0.15) is 0 Å². The zero-order chi connectivity index (χ0) is 16.4. The van der Waals surface area contributed by atoms with Crippen molar-refractivity contribution in [3.63, 3.8) is 0 Å². The van der Waals surface area contributed by atoms with Crippen LogP contribution in [-0.2, 0) is 0 Å². The van der Waals surface area contributed by atoms with Crippen LogP contribution in [0.3, 0.4) is 0 Å². The van der Waals surface area contributed by atoms with Crippen LogP contribution in [-0.4, -0.2) is 21.2 Å². The molecule has 0 fully saturated rings. The summed E-state index contributed by atoms with van der Waals surface area (Å²) in [6.07, 6.45) is 2.89. The van der Waals surface area contributed by atoms with Crippen LogP contribution in [0.5, 0.6) is 0 Å². The number of rotatable bonds is 3. The summed E-state index contributed by atoms with van der Waals surface area (Å²) in [7, 11) is 0. The van der Waals surface area contributed by atoms with Crippen molar-refractivity contribution < 1.29 is 9.59 Å². The van der Waals surface area contributed by atoms with Gasteiger partial charge in [0.25, 0.3) is 5.91 Å². The molecular formula is C17H12N2O2S2. The summed E-state index contributed by atoms with van der Waals surface area (Å²) in [6, 6.07) is 13.8. The fourth-order valence-electron chi connectivity index (χ4n) is 2.21. The molecule has 1 aromatic heterocycles. The first-order valence-corrected chi connectivity index (χ1v) is 7.68. The summed E-state index contributed by atoms with van der Waals surface area (Å²) in [5.41, 5.74) is 0.803. The number of carbonyl (C=O) groups is 2. The lowest BCUT2D eigenvalue weighted by Gasteiger charge is -2.08. The quantitative estimate of drug-likeness (QED) is 0.568. The second kappa shape index (κ2) is 6.44. The number of hydrogen-bond acceptors (Lipinski definition) is 5. The third-order valence-electron chi connectivity index (χ3n) is 3.35. The van der Waals surface area contributed by atoms with Crippen LogP contribution in [0.25, 0.3) is 0 Å². The molecule has 0 atom stereocenters. The molecular weight excluding hydrogens is 328 g/mol. The number of ketones is 1. The lowest BCUT2D eigenvalue weighted by Crippen LogP contribution is -2.19. The third kappa shape index (κ3) is 2.95. The Morgan fingerprint density at radius 2 is 1.43 bits per heavy atom. The first-order valence-electron chi connectivity index (χ1n) is 6.78. The summed E-state index contributed by atoms with van der Waals surface area (Å²) in [4.78, 5) is 30.5. The molecule has 0 bridgehead atoms. The molecule has 0 saturated carbocycles. The van der Waals surface area contributed by atoms with E-state index in [1.165, 1.54) is 17.0 Å². The van der Waals surface area contributed by atoms with Gasteiger partial charge in [-0.3, -0.25) is 14.2 Å². The zero-order valence-corrected chi connectivity index (χ0v) is 13.7. The summed E-state index contributed by atoms with van der Waals surface area (Å²) < 4.78 is 1.23. The largest absolute Gasteiger partial charge is 0.285 e. The van der Waals surface area contributed by atoms with Crippen molar-refractivity contribution >= 4 is 36.9 Å². The van der Waals surface area contributed by atoms with Crippen molar-refractivity contribution in [1.82, 2.24) is 9.55 Å². The second-order valence-corrected chi connectivity index (χ2v) is 5.75. The normalized spacial score (nSPS) is 10.5. The summed E-state index contributed by atoms with van der Waals surface area (Å²) in [5.74, 6) is -0.660. The summed E-state index contributed by atoms with van der Waals surface area (Å²) >= 11 is 8.57. The maximum atomic E-state index is 12.7. The molecule has 0 aliphatic heterocycles. The SMILES string of the molecule is O=C(c1ccccc1S)c1nccn1C(=O)c1ccccc1S. The van der Waals surface area contributed by atoms with Crippen molar-refractivity contribution in [3.8, 4) is 0 Å². The molecule has 23 heavy (non-hydrogen) atoms. The molecule has 0 amide bonds. The topological polar surface area (TPSA) is 52.0 Å². The van der Waals surface area contributed by atoms with E-state index < -0.39 is 0 Å². The van der Waals surface area contributed by atoms with Gasteiger partial charge in [-0.15, -0.1) is 25.3 Å². The maximum Gasteiger partial charge on any atom is 0.264 e. The van der Waals surface area contributed by atoms with Crippen molar-refractivity contribution in [3.05, 3.63) is 77.9 Å². The molecule has 0 aliphatic carbocycles. The fraction of sp³-hybridized carbons (Fsp3) is 0. The highest BCUT2D eigenvalue weighted by atomic mass is 32.1. The monoisotopic (exact) mass is 340 g/mol. The van der Waals surface area contributed by atoms with Crippen LogP contribution in [0, 0.1) is 0 Å². The molecule has 3 rings (SSSR count). The molecule has 0 spiro atoms. The van der Waals surface area contributed by atoms with Gasteiger partial charge < -0.3 is 0 Å². The van der Waals surface area contributed by atoms with E-state index in [0.717, 1.165) is 0 Å². The lowest BCUT2D eigenvalue weighted by atomic mass is 10.1. The van der Waals surface area contributed by atoms with E-state index in [9.17, 15) is 9.59 Å². The highest BCUT2D eigenvalue weighted by Crippen LogP contribution is 2.19. The first kappa shape index (κ1) is 15.6. The van der Waals surface area contributed by atoms with Crippen LogP contribution in [0.2, 0.25) is 0 Å². The zero-order valence-electron chi connectivity index (χ0n) is 11.9. The third-order valence-corrected chi connectivity index (χ3v) is 4.13. The van der Waals surface area contributed by atoms with E-state index in [4.69, 9.17) is 0 Å². The van der Waals surface area contributed by atoms with E-state index in [1.54, 1.807) is 48.5 Å². The molecule has 0 radical (unpaired) electrons. The minimum Gasteiger partial charge on any atom is -0.285 e. The Morgan fingerprint density at radius 1 is 0.870 bits per heavy atom. The Bertz CT molecular complexity index is 831. The Labute approximate surface area is 144 Å². The van der Waals surface area contributed by atoms with Crippen LogP contribution >= 0.6 is 25.3 Å². The fourth-order valence-corrected chi connectivity index (χ4v) is 2.72. The van der Waals surface area contributed by atoms with Gasteiger partial charge in [-0.05, 0) is 24.3 Å². The maximum absolute atomic E-state index is 12.7. The molecule has 114 valence electrons. The van der Waals surface area contributed by atoms with Crippen molar-refractivity contribution in [2.24, 2.45) is 0 Å². The minimum atomic E-state index is -0.356. The average Bonchev–Trinajstić information content (AvgIpc) is 3.04. The Kier molecular flexibility index (Phi) is 4.36. The number of benzene rings is 2. The predicted octanol–water partition coefficient (Wildman–Crippen LogP) is 3.38. The van der Waals surface area contributed by atoms with E-state index in [1.807, 2.05) is 0 Å². The average molecular weight is 340 g/mol. The Hall–Kier alpha value is -2.31. The van der Waals surface area contributed by atoms with Gasteiger partial charge in [0.05, 0.1) is 5.56 Å². The highest BCUT2D eigenvalue weighted by Gasteiger charge is 2.22. The first-order chi connectivity index (χ1) is 11.1. The van der Waals surface area contributed by atoms with E-state index in [0.29, 0.717) is 20.9 Å². The molecule has 1 heterocycles. The van der Waals surface area contributed by atoms with Gasteiger partial charge in [0, 0.05) is 27.7 Å². The number of carbonyl (C=O) groups excluding carboxylic acids is 2. The van der Waals surface area contributed by atoms with Crippen molar-refractivity contribution in [2.75, 3.05) is 0 Å². The van der Waals surface area contributed by atoms with Gasteiger partial charge in [0.15, 0.2) is 5.82 Å². The van der Waals surface area contributed by atoms with Crippen LogP contribution < -0.4 is 0 Å². The number of thiol groups is 2. The number of hydrogen-bond donors (Lipinski definition) is 2.